The lowest BCUT2D eigenvalue weighted by atomic mass is 10.2. The van der Waals surface area contributed by atoms with Gasteiger partial charge in [-0.3, -0.25) is 14.6 Å². The zero-order valence-electron chi connectivity index (χ0n) is 13.8. The zero-order chi connectivity index (χ0) is 15.9. The molecule has 0 aromatic carbocycles. The molecule has 1 aliphatic rings. The van der Waals surface area contributed by atoms with Gasteiger partial charge in [0.25, 0.3) is 0 Å². The van der Waals surface area contributed by atoms with Crippen molar-refractivity contribution in [2.75, 3.05) is 46.4 Å². The Labute approximate surface area is 137 Å². The second-order valence-electron chi connectivity index (χ2n) is 5.90. The summed E-state index contributed by atoms with van der Waals surface area (Å²) in [5, 5.41) is 3.02. The SMILES string of the molecule is COCCN1CCN(CC(=O)NCc2ccc(C)s2)C[C@@H]1C. The van der Waals surface area contributed by atoms with Crippen LogP contribution in [0, 0.1) is 6.92 Å². The molecule has 0 bridgehead atoms. The summed E-state index contributed by atoms with van der Waals surface area (Å²) in [6, 6.07) is 4.64. The first kappa shape index (κ1) is 17.4. The van der Waals surface area contributed by atoms with Crippen LogP contribution in [-0.2, 0) is 16.1 Å². The number of carbonyl (C=O) groups is 1. The van der Waals surface area contributed by atoms with E-state index in [1.54, 1.807) is 18.4 Å². The highest BCUT2D eigenvalue weighted by Crippen LogP contribution is 2.14. The summed E-state index contributed by atoms with van der Waals surface area (Å²) < 4.78 is 5.14. The van der Waals surface area contributed by atoms with Crippen molar-refractivity contribution in [3.8, 4) is 0 Å². The number of hydrogen-bond donors (Lipinski definition) is 1. The van der Waals surface area contributed by atoms with E-state index in [-0.39, 0.29) is 5.91 Å². The van der Waals surface area contributed by atoms with E-state index >= 15 is 0 Å². The largest absolute Gasteiger partial charge is 0.383 e. The minimum atomic E-state index is 0.114. The van der Waals surface area contributed by atoms with Crippen LogP contribution < -0.4 is 5.32 Å². The fraction of sp³-hybridized carbons (Fsp3) is 0.688. The monoisotopic (exact) mass is 325 g/mol. The molecule has 0 radical (unpaired) electrons. The fourth-order valence-corrected chi connectivity index (χ4v) is 3.61. The fourth-order valence-electron chi connectivity index (χ4n) is 2.78. The van der Waals surface area contributed by atoms with E-state index in [0.717, 1.165) is 32.8 Å². The summed E-state index contributed by atoms with van der Waals surface area (Å²) in [4.78, 5) is 19.2. The molecule has 1 saturated heterocycles. The van der Waals surface area contributed by atoms with Crippen LogP contribution in [0.15, 0.2) is 12.1 Å². The normalized spacial score (nSPS) is 20.2. The maximum Gasteiger partial charge on any atom is 0.234 e. The molecule has 124 valence electrons. The lowest BCUT2D eigenvalue weighted by Crippen LogP contribution is -2.54. The summed E-state index contributed by atoms with van der Waals surface area (Å²) in [6.45, 7) is 10.1. The topological polar surface area (TPSA) is 44.8 Å². The van der Waals surface area contributed by atoms with Crippen LogP contribution >= 0.6 is 11.3 Å². The van der Waals surface area contributed by atoms with Gasteiger partial charge in [-0.25, -0.2) is 0 Å². The molecule has 1 aromatic heterocycles. The average molecular weight is 325 g/mol. The van der Waals surface area contributed by atoms with Crippen LogP contribution in [0.3, 0.4) is 0 Å². The molecular formula is C16H27N3O2S. The number of aryl methyl sites for hydroxylation is 1. The van der Waals surface area contributed by atoms with Crippen LogP contribution in [0.1, 0.15) is 16.7 Å². The number of rotatable bonds is 7. The Kier molecular flexibility index (Phi) is 6.82. The second kappa shape index (κ2) is 8.62. The predicted octanol–water partition coefficient (Wildman–Crippen LogP) is 1.33. The van der Waals surface area contributed by atoms with Gasteiger partial charge in [0.1, 0.15) is 0 Å². The van der Waals surface area contributed by atoms with Gasteiger partial charge in [-0.05, 0) is 26.0 Å². The molecule has 5 nitrogen and oxygen atoms in total. The third-order valence-corrected chi connectivity index (χ3v) is 5.06. The lowest BCUT2D eigenvalue weighted by Gasteiger charge is -2.39. The van der Waals surface area contributed by atoms with Crippen LogP contribution in [0.5, 0.6) is 0 Å². The summed E-state index contributed by atoms with van der Waals surface area (Å²) >= 11 is 1.74. The molecule has 2 rings (SSSR count). The number of thiophene rings is 1. The van der Waals surface area contributed by atoms with Gasteiger partial charge < -0.3 is 10.1 Å². The molecule has 1 aliphatic heterocycles. The summed E-state index contributed by atoms with van der Waals surface area (Å²) in [6.07, 6.45) is 0. The van der Waals surface area contributed by atoms with Crippen molar-refractivity contribution in [3.63, 3.8) is 0 Å². The number of amides is 1. The Balaban J connectivity index is 1.69. The van der Waals surface area contributed by atoms with Crippen molar-refractivity contribution >= 4 is 17.2 Å². The number of piperazine rings is 1. The molecule has 1 aromatic rings. The van der Waals surface area contributed by atoms with Gasteiger partial charge in [-0.15, -0.1) is 11.3 Å². The molecule has 2 heterocycles. The van der Waals surface area contributed by atoms with Gasteiger partial charge in [0.2, 0.25) is 5.91 Å². The molecule has 1 fully saturated rings. The number of hydrogen-bond acceptors (Lipinski definition) is 5. The molecule has 22 heavy (non-hydrogen) atoms. The van der Waals surface area contributed by atoms with E-state index in [4.69, 9.17) is 4.74 Å². The molecular weight excluding hydrogens is 298 g/mol. The molecule has 0 aliphatic carbocycles. The highest BCUT2D eigenvalue weighted by molar-refractivity contribution is 7.11. The van der Waals surface area contributed by atoms with Crippen LogP contribution in [0.25, 0.3) is 0 Å². The van der Waals surface area contributed by atoms with Crippen LogP contribution in [-0.4, -0.2) is 68.2 Å². The standard InChI is InChI=1S/C16H27N3O2S/c1-13-11-18(6-7-19(13)8-9-21-3)12-16(20)17-10-15-5-4-14(2)22-15/h4-5,13H,6-12H2,1-3H3,(H,17,20)/t13-/m0/s1. The third-order valence-electron chi connectivity index (χ3n) is 4.05. The number of nitrogens with one attached hydrogen (secondary N) is 1. The Morgan fingerprint density at radius 2 is 2.27 bits per heavy atom. The smallest absolute Gasteiger partial charge is 0.234 e. The zero-order valence-corrected chi connectivity index (χ0v) is 14.6. The highest BCUT2D eigenvalue weighted by atomic mass is 32.1. The first-order valence-corrected chi connectivity index (χ1v) is 8.67. The van der Waals surface area contributed by atoms with Crippen molar-refractivity contribution in [2.24, 2.45) is 0 Å². The van der Waals surface area contributed by atoms with Gasteiger partial charge in [-0.2, -0.15) is 0 Å². The Morgan fingerprint density at radius 1 is 1.45 bits per heavy atom. The molecule has 6 heteroatoms. The number of nitrogens with zero attached hydrogens (tertiary/aromatic N) is 2. The van der Waals surface area contributed by atoms with Gasteiger partial charge in [0.15, 0.2) is 0 Å². The Hall–Kier alpha value is -0.950. The van der Waals surface area contributed by atoms with Crippen molar-refractivity contribution < 1.29 is 9.53 Å². The predicted molar refractivity (Wildman–Crippen MR) is 90.3 cm³/mol. The Bertz CT molecular complexity index is 478. The first-order valence-electron chi connectivity index (χ1n) is 7.86. The first-order chi connectivity index (χ1) is 10.6. The third kappa shape index (κ3) is 5.35. The summed E-state index contributed by atoms with van der Waals surface area (Å²) in [5.74, 6) is 0.114. The molecule has 1 amide bonds. The van der Waals surface area contributed by atoms with Crippen LogP contribution in [0.4, 0.5) is 0 Å². The van der Waals surface area contributed by atoms with Gasteiger partial charge >= 0.3 is 0 Å². The minimum absolute atomic E-state index is 0.114. The lowest BCUT2D eigenvalue weighted by molar-refractivity contribution is -0.123. The van der Waals surface area contributed by atoms with E-state index in [0.29, 0.717) is 19.1 Å². The van der Waals surface area contributed by atoms with Gasteiger partial charge in [0.05, 0.1) is 19.7 Å². The second-order valence-corrected chi connectivity index (χ2v) is 7.27. The molecule has 0 saturated carbocycles. The molecule has 1 N–H and O–H groups in total. The maximum atomic E-state index is 12.1. The molecule has 0 spiro atoms. The van der Waals surface area contributed by atoms with Crippen molar-refractivity contribution in [1.29, 1.82) is 0 Å². The van der Waals surface area contributed by atoms with E-state index in [2.05, 4.69) is 41.1 Å². The van der Waals surface area contributed by atoms with Crippen molar-refractivity contribution in [2.45, 2.75) is 26.4 Å². The van der Waals surface area contributed by atoms with E-state index < -0.39 is 0 Å². The number of methoxy groups -OCH3 is 1. The maximum absolute atomic E-state index is 12.1. The number of carbonyl (C=O) groups excluding carboxylic acids is 1. The summed E-state index contributed by atoms with van der Waals surface area (Å²) in [7, 11) is 1.74. The highest BCUT2D eigenvalue weighted by Gasteiger charge is 2.24. The van der Waals surface area contributed by atoms with E-state index in [1.807, 2.05) is 0 Å². The van der Waals surface area contributed by atoms with E-state index in [1.165, 1.54) is 9.75 Å². The Morgan fingerprint density at radius 3 is 2.91 bits per heavy atom. The molecule has 1 atom stereocenters. The van der Waals surface area contributed by atoms with Crippen LogP contribution in [0.2, 0.25) is 0 Å². The van der Waals surface area contributed by atoms with E-state index in [9.17, 15) is 4.79 Å². The van der Waals surface area contributed by atoms with Gasteiger partial charge in [0, 0.05) is 49.1 Å². The number of ether oxygens (including phenoxy) is 1. The van der Waals surface area contributed by atoms with Crippen molar-refractivity contribution in [3.05, 3.63) is 21.9 Å². The van der Waals surface area contributed by atoms with Crippen molar-refractivity contribution in [1.82, 2.24) is 15.1 Å². The quantitative estimate of drug-likeness (QED) is 0.821. The molecule has 0 unspecified atom stereocenters. The minimum Gasteiger partial charge on any atom is -0.383 e. The van der Waals surface area contributed by atoms with Gasteiger partial charge in [-0.1, -0.05) is 0 Å². The average Bonchev–Trinajstić information content (AvgIpc) is 2.90. The summed E-state index contributed by atoms with van der Waals surface area (Å²) in [5.41, 5.74) is 0.